The first-order chi connectivity index (χ1) is 6.57. The molecule has 0 saturated heterocycles. The zero-order valence-corrected chi connectivity index (χ0v) is 12.0. The van der Waals surface area contributed by atoms with E-state index in [1.165, 1.54) is 0 Å². The van der Waals surface area contributed by atoms with Crippen LogP contribution in [0.5, 0.6) is 0 Å². The summed E-state index contributed by atoms with van der Waals surface area (Å²) >= 11 is -2.12. The molecule has 0 radical (unpaired) electrons. The van der Waals surface area contributed by atoms with Crippen LogP contribution in [0.1, 0.15) is 27.7 Å². The van der Waals surface area contributed by atoms with E-state index in [0.717, 1.165) is 20.2 Å². The SMILES string of the molecule is C=[C](C(=O)OCC)[Ge]([CH2]C)([CH2]C)[CH2]C. The van der Waals surface area contributed by atoms with E-state index in [1.807, 2.05) is 6.92 Å². The molecule has 0 heterocycles. The van der Waals surface area contributed by atoms with Crippen LogP contribution in [0.3, 0.4) is 0 Å². The molecule has 0 N–H and O–H groups in total. The molecule has 0 aromatic heterocycles. The molecule has 82 valence electrons. The Morgan fingerprint density at radius 3 is 1.86 bits per heavy atom. The Hall–Kier alpha value is -0.247. The second-order valence-electron chi connectivity index (χ2n) is 3.54. The van der Waals surface area contributed by atoms with Gasteiger partial charge in [-0.05, 0) is 0 Å². The minimum absolute atomic E-state index is 0.155. The van der Waals surface area contributed by atoms with Gasteiger partial charge in [0.2, 0.25) is 0 Å². The molecule has 2 nitrogen and oxygen atoms in total. The van der Waals surface area contributed by atoms with Crippen molar-refractivity contribution in [3.05, 3.63) is 11.0 Å². The van der Waals surface area contributed by atoms with Crippen molar-refractivity contribution in [2.75, 3.05) is 6.61 Å². The first-order valence-corrected chi connectivity index (χ1v) is 10.9. The third-order valence-electron chi connectivity index (χ3n) is 3.19. The van der Waals surface area contributed by atoms with Gasteiger partial charge < -0.3 is 0 Å². The number of hydrogen-bond acceptors (Lipinski definition) is 2. The van der Waals surface area contributed by atoms with Crippen LogP contribution in [0.25, 0.3) is 0 Å². The van der Waals surface area contributed by atoms with E-state index in [0.29, 0.717) is 6.61 Å². The molecule has 0 aromatic rings. The summed E-state index contributed by atoms with van der Waals surface area (Å²) in [7, 11) is 0. The molecule has 0 atom stereocenters. The van der Waals surface area contributed by atoms with Crippen molar-refractivity contribution >= 4 is 19.2 Å². The van der Waals surface area contributed by atoms with E-state index in [-0.39, 0.29) is 5.97 Å². The van der Waals surface area contributed by atoms with Crippen LogP contribution in [0.4, 0.5) is 0 Å². The van der Waals surface area contributed by atoms with Crippen LogP contribution < -0.4 is 0 Å². The van der Waals surface area contributed by atoms with Gasteiger partial charge in [0.15, 0.2) is 0 Å². The average Bonchev–Trinajstić information content (AvgIpc) is 2.21. The third kappa shape index (κ3) is 2.87. The van der Waals surface area contributed by atoms with Crippen molar-refractivity contribution in [1.82, 2.24) is 0 Å². The Morgan fingerprint density at radius 1 is 1.14 bits per heavy atom. The summed E-state index contributed by atoms with van der Waals surface area (Å²) in [5.74, 6) is -0.155. The third-order valence-corrected chi connectivity index (χ3v) is 14.8. The van der Waals surface area contributed by atoms with Crippen molar-refractivity contribution in [1.29, 1.82) is 0 Å². The Bertz CT molecular complexity index is 199. The molecule has 14 heavy (non-hydrogen) atoms. The van der Waals surface area contributed by atoms with E-state index in [1.54, 1.807) is 0 Å². The number of carbonyl (C=O) groups is 1. The van der Waals surface area contributed by atoms with Crippen LogP contribution in [-0.2, 0) is 9.53 Å². The Labute approximate surface area is 90.1 Å². The number of ether oxygens (including phenoxy) is 1. The second-order valence-corrected chi connectivity index (χ2v) is 14.6. The number of rotatable bonds is 6. The molecule has 0 aliphatic heterocycles. The van der Waals surface area contributed by atoms with Crippen LogP contribution >= 0.6 is 0 Å². The molecule has 0 aliphatic carbocycles. The Kier molecular flexibility index (Phi) is 6.17. The summed E-state index contributed by atoms with van der Waals surface area (Å²) in [6.07, 6.45) is 0. The molecule has 0 amide bonds. The molecular weight excluding hydrogens is 237 g/mol. The van der Waals surface area contributed by atoms with Crippen LogP contribution in [0.15, 0.2) is 11.0 Å². The summed E-state index contributed by atoms with van der Waals surface area (Å²) in [6.45, 7) is 12.8. The van der Waals surface area contributed by atoms with E-state index < -0.39 is 13.3 Å². The fourth-order valence-corrected chi connectivity index (χ4v) is 8.72. The summed E-state index contributed by atoms with van der Waals surface area (Å²) in [5.41, 5.74) is 0. The molecule has 0 fully saturated rings. The maximum atomic E-state index is 11.6. The van der Waals surface area contributed by atoms with E-state index >= 15 is 0 Å². The molecule has 0 aliphatic rings. The molecular formula is C11H22GeO2. The van der Waals surface area contributed by atoms with Crippen LogP contribution in [0.2, 0.25) is 15.8 Å². The van der Waals surface area contributed by atoms with Crippen LogP contribution in [-0.4, -0.2) is 25.8 Å². The fraction of sp³-hybridized carbons (Fsp3) is 0.727. The number of hydrogen-bond donors (Lipinski definition) is 0. The quantitative estimate of drug-likeness (QED) is 0.416. The minimum atomic E-state index is -2.12. The average molecular weight is 259 g/mol. The van der Waals surface area contributed by atoms with Crippen molar-refractivity contribution in [3.8, 4) is 0 Å². The predicted octanol–water partition coefficient (Wildman–Crippen LogP) is 3.15. The Morgan fingerprint density at radius 2 is 1.57 bits per heavy atom. The van der Waals surface area contributed by atoms with E-state index in [9.17, 15) is 4.79 Å². The first kappa shape index (κ1) is 13.8. The standard InChI is InChI=1S/C11H22GeO2/c1-6-12(7-2,8-3)10(5)11(13)14-9-4/h5-9H2,1-4H3. The summed E-state index contributed by atoms with van der Waals surface area (Å²) in [6, 6.07) is 0. The topological polar surface area (TPSA) is 26.3 Å². The van der Waals surface area contributed by atoms with Gasteiger partial charge in [0.25, 0.3) is 0 Å². The summed E-state index contributed by atoms with van der Waals surface area (Å²) < 4.78 is 5.84. The molecule has 0 aromatic carbocycles. The van der Waals surface area contributed by atoms with Gasteiger partial charge in [0, 0.05) is 0 Å². The van der Waals surface area contributed by atoms with Crippen molar-refractivity contribution < 1.29 is 9.53 Å². The Balaban J connectivity index is 4.67. The van der Waals surface area contributed by atoms with Gasteiger partial charge in [-0.2, -0.15) is 0 Å². The van der Waals surface area contributed by atoms with Gasteiger partial charge in [-0.1, -0.05) is 0 Å². The second kappa shape index (κ2) is 6.28. The van der Waals surface area contributed by atoms with Gasteiger partial charge in [0.1, 0.15) is 0 Å². The molecule has 0 spiro atoms. The zero-order valence-electron chi connectivity index (χ0n) is 9.85. The summed E-state index contributed by atoms with van der Waals surface area (Å²) in [5, 5.41) is 3.39. The van der Waals surface area contributed by atoms with E-state index in [2.05, 4.69) is 27.4 Å². The predicted molar refractivity (Wildman–Crippen MR) is 63.0 cm³/mol. The monoisotopic (exact) mass is 260 g/mol. The molecule has 0 bridgehead atoms. The first-order valence-electron chi connectivity index (χ1n) is 5.44. The number of esters is 1. The van der Waals surface area contributed by atoms with Crippen molar-refractivity contribution in [2.45, 2.75) is 43.5 Å². The van der Waals surface area contributed by atoms with Crippen LogP contribution in [0, 0.1) is 0 Å². The molecule has 0 rings (SSSR count). The normalized spacial score (nSPS) is 11.1. The maximum absolute atomic E-state index is 11.6. The van der Waals surface area contributed by atoms with Gasteiger partial charge in [-0.3, -0.25) is 0 Å². The van der Waals surface area contributed by atoms with Gasteiger partial charge >= 0.3 is 89.8 Å². The van der Waals surface area contributed by atoms with Gasteiger partial charge in [0.05, 0.1) is 0 Å². The molecule has 3 heteroatoms. The van der Waals surface area contributed by atoms with Crippen molar-refractivity contribution in [3.63, 3.8) is 0 Å². The van der Waals surface area contributed by atoms with E-state index in [4.69, 9.17) is 4.74 Å². The fourth-order valence-electron chi connectivity index (χ4n) is 1.82. The van der Waals surface area contributed by atoms with Gasteiger partial charge in [-0.15, -0.1) is 0 Å². The molecule has 0 saturated carbocycles. The zero-order chi connectivity index (χ0) is 11.2. The van der Waals surface area contributed by atoms with Crippen molar-refractivity contribution in [2.24, 2.45) is 0 Å². The molecule has 0 unspecified atom stereocenters. The number of carbonyl (C=O) groups excluding carboxylic acids is 1. The summed E-state index contributed by atoms with van der Waals surface area (Å²) in [4.78, 5) is 11.6. The van der Waals surface area contributed by atoms with Gasteiger partial charge in [-0.25, -0.2) is 0 Å².